The Morgan fingerprint density at radius 1 is 1.12 bits per heavy atom. The van der Waals surface area contributed by atoms with Gasteiger partial charge >= 0.3 is 0 Å². The number of aromatic nitrogens is 2. The van der Waals surface area contributed by atoms with E-state index < -0.39 is 0 Å². The van der Waals surface area contributed by atoms with Crippen LogP contribution in [0, 0.1) is 13.8 Å². The molecule has 1 aliphatic carbocycles. The molecule has 2 nitrogen and oxygen atoms in total. The van der Waals surface area contributed by atoms with E-state index in [-0.39, 0.29) is 0 Å². The minimum Gasteiger partial charge on any atom is -0.241 e. The fourth-order valence-electron chi connectivity index (χ4n) is 1.61. The highest BCUT2D eigenvalue weighted by Crippen LogP contribution is 2.21. The van der Waals surface area contributed by atoms with Gasteiger partial charge in [-0.05, 0) is 37.8 Å². The fourth-order valence-corrected chi connectivity index (χ4v) is 1.61. The molecule has 0 aromatic carbocycles. The van der Waals surface area contributed by atoms with Crippen LogP contribution < -0.4 is 0 Å². The van der Waals surface area contributed by atoms with Gasteiger partial charge in [0.05, 0.1) is 5.69 Å². The monoisotopic (exact) mass is 216 g/mol. The molecule has 1 aromatic rings. The summed E-state index contributed by atoms with van der Waals surface area (Å²) in [5, 5.41) is 0. The molecule has 86 valence electrons. The van der Waals surface area contributed by atoms with Gasteiger partial charge in [0, 0.05) is 6.20 Å². The number of nitrogens with zero attached hydrogens (tertiary/aromatic N) is 2. The first kappa shape index (κ1) is 12.6. The highest BCUT2D eigenvalue weighted by molar-refractivity contribution is 5.74. The average molecular weight is 216 g/mol. The fraction of sp³-hybridized carbons (Fsp3) is 0.429. The van der Waals surface area contributed by atoms with Crippen LogP contribution in [0.15, 0.2) is 24.4 Å². The Morgan fingerprint density at radius 3 is 2.50 bits per heavy atom. The summed E-state index contributed by atoms with van der Waals surface area (Å²) >= 11 is 0. The van der Waals surface area contributed by atoms with E-state index in [4.69, 9.17) is 0 Å². The molecule has 0 amide bonds. The van der Waals surface area contributed by atoms with Gasteiger partial charge in [-0.2, -0.15) is 0 Å². The Labute approximate surface area is 98.1 Å². The van der Waals surface area contributed by atoms with E-state index >= 15 is 0 Å². The molecule has 0 spiro atoms. The van der Waals surface area contributed by atoms with Gasteiger partial charge in [-0.1, -0.05) is 32.1 Å². The lowest BCUT2D eigenvalue weighted by atomic mass is 10.0. The Morgan fingerprint density at radius 2 is 1.88 bits per heavy atom. The summed E-state index contributed by atoms with van der Waals surface area (Å²) in [5.41, 5.74) is 3.46. The molecule has 1 aliphatic rings. The van der Waals surface area contributed by atoms with Crippen molar-refractivity contribution in [1.29, 1.82) is 0 Å². The maximum Gasteiger partial charge on any atom is 0.125 e. The largest absolute Gasteiger partial charge is 0.241 e. The first-order valence-electron chi connectivity index (χ1n) is 5.94. The predicted octanol–water partition coefficient (Wildman–Crippen LogP) is 3.85. The lowest BCUT2D eigenvalue weighted by Crippen LogP contribution is -1.98. The maximum absolute atomic E-state index is 4.47. The minimum atomic E-state index is 0.838. The van der Waals surface area contributed by atoms with Gasteiger partial charge in [-0.25, -0.2) is 9.97 Å². The van der Waals surface area contributed by atoms with Crippen LogP contribution in [-0.4, -0.2) is 9.97 Å². The van der Waals surface area contributed by atoms with Crippen LogP contribution in [0.1, 0.15) is 43.8 Å². The predicted molar refractivity (Wildman–Crippen MR) is 69.2 cm³/mol. The zero-order valence-electron chi connectivity index (χ0n) is 10.6. The average Bonchev–Trinajstić information content (AvgIpc) is 2.36. The summed E-state index contributed by atoms with van der Waals surface area (Å²) in [5.74, 6) is 0.838. The molecule has 0 fully saturated rings. The zero-order valence-corrected chi connectivity index (χ0v) is 10.6. The van der Waals surface area contributed by atoms with Crippen molar-refractivity contribution in [2.24, 2.45) is 0 Å². The summed E-state index contributed by atoms with van der Waals surface area (Å²) in [7, 11) is 0. The van der Waals surface area contributed by atoms with Crippen LogP contribution >= 0.6 is 0 Å². The molecule has 0 atom stereocenters. The normalized spacial score (nSPS) is 13.9. The third kappa shape index (κ3) is 3.02. The van der Waals surface area contributed by atoms with Crippen molar-refractivity contribution in [2.45, 2.75) is 40.5 Å². The van der Waals surface area contributed by atoms with Crippen molar-refractivity contribution in [2.75, 3.05) is 0 Å². The van der Waals surface area contributed by atoms with Gasteiger partial charge in [-0.15, -0.1) is 0 Å². The van der Waals surface area contributed by atoms with Crippen molar-refractivity contribution >= 4 is 5.57 Å². The van der Waals surface area contributed by atoms with E-state index in [9.17, 15) is 0 Å². The number of hydrogen-bond donors (Lipinski definition) is 0. The van der Waals surface area contributed by atoms with Gasteiger partial charge in [-0.3, -0.25) is 0 Å². The van der Waals surface area contributed by atoms with Gasteiger partial charge < -0.3 is 0 Å². The molecule has 0 radical (unpaired) electrons. The lowest BCUT2D eigenvalue weighted by molar-refractivity contribution is 0.998. The van der Waals surface area contributed by atoms with E-state index in [1.807, 2.05) is 27.0 Å². The van der Waals surface area contributed by atoms with E-state index in [2.05, 4.69) is 35.1 Å². The lowest BCUT2D eigenvalue weighted by Gasteiger charge is -2.09. The van der Waals surface area contributed by atoms with E-state index in [1.165, 1.54) is 5.57 Å². The van der Waals surface area contributed by atoms with Gasteiger partial charge in [0.2, 0.25) is 0 Å². The quantitative estimate of drug-likeness (QED) is 0.712. The molecule has 1 aromatic heterocycles. The Hall–Kier alpha value is -1.44. The summed E-state index contributed by atoms with van der Waals surface area (Å²) in [4.78, 5) is 8.64. The number of hydrogen-bond acceptors (Lipinski definition) is 2. The molecule has 1 heterocycles. The molecular weight excluding hydrogens is 196 g/mol. The second kappa shape index (κ2) is 6.21. The molecular formula is C14H20N2. The molecule has 0 aliphatic heterocycles. The molecule has 2 heteroatoms. The van der Waals surface area contributed by atoms with Crippen LogP contribution in [0.4, 0.5) is 0 Å². The summed E-state index contributed by atoms with van der Waals surface area (Å²) in [6.45, 7) is 7.98. The van der Waals surface area contributed by atoms with Crippen LogP contribution in [0.5, 0.6) is 0 Å². The first-order valence-corrected chi connectivity index (χ1v) is 5.94. The molecule has 0 N–H and O–H groups in total. The summed E-state index contributed by atoms with van der Waals surface area (Å²) in [6.07, 6.45) is 10.8. The number of rotatable bonds is 1. The summed E-state index contributed by atoms with van der Waals surface area (Å²) in [6, 6.07) is 0. The second-order valence-corrected chi connectivity index (χ2v) is 3.59. The van der Waals surface area contributed by atoms with Crippen molar-refractivity contribution in [3.05, 3.63) is 41.5 Å². The molecule has 0 saturated carbocycles. The zero-order chi connectivity index (χ0) is 12.0. The molecule has 2 rings (SSSR count). The highest BCUT2D eigenvalue weighted by atomic mass is 14.9. The standard InChI is InChI=1S/C12H14N2.C2H6/c1-9-8-13-10(2)14-12(9)11-6-4-3-5-7-11;1-2/h4,6-8H,3,5H2,1-2H3;1-2H3. The smallest absolute Gasteiger partial charge is 0.125 e. The van der Waals surface area contributed by atoms with Gasteiger partial charge in [0.1, 0.15) is 5.82 Å². The van der Waals surface area contributed by atoms with Crippen molar-refractivity contribution in [3.8, 4) is 0 Å². The van der Waals surface area contributed by atoms with Crippen molar-refractivity contribution < 1.29 is 0 Å². The van der Waals surface area contributed by atoms with E-state index in [0.717, 1.165) is 29.9 Å². The van der Waals surface area contributed by atoms with E-state index in [0.29, 0.717) is 0 Å². The molecule has 0 bridgehead atoms. The second-order valence-electron chi connectivity index (χ2n) is 3.59. The number of aryl methyl sites for hydroxylation is 2. The van der Waals surface area contributed by atoms with Crippen LogP contribution in [0.3, 0.4) is 0 Å². The Kier molecular flexibility index (Phi) is 4.90. The maximum atomic E-state index is 4.47. The van der Waals surface area contributed by atoms with Gasteiger partial charge in [0.15, 0.2) is 0 Å². The summed E-state index contributed by atoms with van der Waals surface area (Å²) < 4.78 is 0. The number of allylic oxidation sites excluding steroid dienone is 4. The highest BCUT2D eigenvalue weighted by Gasteiger charge is 2.06. The van der Waals surface area contributed by atoms with E-state index in [1.54, 1.807) is 0 Å². The van der Waals surface area contributed by atoms with Crippen LogP contribution in [-0.2, 0) is 0 Å². The SMILES string of the molecule is CC.Cc1ncc(C)c(C2=CCCC=C2)n1. The Balaban J connectivity index is 0.000000606. The van der Waals surface area contributed by atoms with Gasteiger partial charge in [0.25, 0.3) is 0 Å². The van der Waals surface area contributed by atoms with Crippen LogP contribution in [0.2, 0.25) is 0 Å². The Bertz CT molecular complexity index is 403. The van der Waals surface area contributed by atoms with Crippen LogP contribution in [0.25, 0.3) is 5.57 Å². The van der Waals surface area contributed by atoms with Crippen molar-refractivity contribution in [3.63, 3.8) is 0 Å². The molecule has 0 unspecified atom stereocenters. The topological polar surface area (TPSA) is 25.8 Å². The third-order valence-electron chi connectivity index (χ3n) is 2.36. The molecule has 0 saturated heterocycles. The third-order valence-corrected chi connectivity index (χ3v) is 2.36. The minimum absolute atomic E-state index is 0.838. The van der Waals surface area contributed by atoms with Crippen molar-refractivity contribution in [1.82, 2.24) is 9.97 Å². The molecule has 16 heavy (non-hydrogen) atoms. The first-order chi connectivity index (χ1) is 7.77.